The smallest absolute Gasteiger partial charge is 0.293 e. The van der Waals surface area contributed by atoms with E-state index in [1.165, 1.54) is 34.3 Å². The van der Waals surface area contributed by atoms with Crippen molar-refractivity contribution in [2.75, 3.05) is 82.5 Å². The molecule has 1 atom stereocenters. The molecule has 44 heavy (non-hydrogen) atoms. The maximum Gasteiger partial charge on any atom is 0.293 e. The van der Waals surface area contributed by atoms with Crippen molar-refractivity contribution in [3.8, 4) is 11.3 Å². The number of hydrogen-bond acceptors (Lipinski definition) is 8. The fourth-order valence-electron chi connectivity index (χ4n) is 6.84. The number of fused-ring (bicyclic) bond motifs is 1. The first-order valence-corrected chi connectivity index (χ1v) is 16.3. The molecule has 240 valence electrons. The SMILES string of the molecule is CCCN1CCN(c2cnc(C(C)OC)c(-c3c(CC(C)(C)COC=O)c4cc(N5CCOCC5)ccc4n3CC)c2)CC1. The second kappa shape index (κ2) is 14.3. The highest BCUT2D eigenvalue weighted by Crippen LogP contribution is 2.42. The molecule has 0 radical (unpaired) electrons. The number of aryl methyl sites for hydroxylation is 1. The van der Waals surface area contributed by atoms with Gasteiger partial charge in [-0.15, -0.1) is 0 Å². The first-order valence-electron chi connectivity index (χ1n) is 16.3. The highest BCUT2D eigenvalue weighted by atomic mass is 16.5. The highest BCUT2D eigenvalue weighted by Gasteiger charge is 2.30. The zero-order valence-corrected chi connectivity index (χ0v) is 27.6. The second-order valence-electron chi connectivity index (χ2n) is 13.0. The van der Waals surface area contributed by atoms with Gasteiger partial charge in [0, 0.05) is 80.5 Å². The number of ether oxygens (including phenoxy) is 3. The van der Waals surface area contributed by atoms with Crippen LogP contribution in [0, 0.1) is 5.41 Å². The Morgan fingerprint density at radius 3 is 2.41 bits per heavy atom. The molecule has 2 aromatic heterocycles. The van der Waals surface area contributed by atoms with E-state index in [9.17, 15) is 4.79 Å². The van der Waals surface area contributed by atoms with E-state index in [0.717, 1.165) is 88.9 Å². The summed E-state index contributed by atoms with van der Waals surface area (Å²) in [6.07, 6.45) is 3.78. The van der Waals surface area contributed by atoms with E-state index in [4.69, 9.17) is 19.2 Å². The van der Waals surface area contributed by atoms with Crippen molar-refractivity contribution in [1.29, 1.82) is 0 Å². The van der Waals surface area contributed by atoms with Gasteiger partial charge >= 0.3 is 0 Å². The van der Waals surface area contributed by atoms with Crippen molar-refractivity contribution in [2.45, 2.75) is 60.1 Å². The average Bonchev–Trinajstić information content (AvgIpc) is 3.35. The van der Waals surface area contributed by atoms with Crippen LogP contribution in [0.15, 0.2) is 30.5 Å². The molecular formula is C35H51N5O4. The van der Waals surface area contributed by atoms with Crippen LogP contribution in [-0.2, 0) is 32.0 Å². The second-order valence-corrected chi connectivity index (χ2v) is 13.0. The van der Waals surface area contributed by atoms with Gasteiger partial charge in [0.15, 0.2) is 0 Å². The summed E-state index contributed by atoms with van der Waals surface area (Å²) in [5, 5.41) is 1.24. The van der Waals surface area contributed by atoms with Gasteiger partial charge in [-0.2, -0.15) is 0 Å². The summed E-state index contributed by atoms with van der Waals surface area (Å²) >= 11 is 0. The summed E-state index contributed by atoms with van der Waals surface area (Å²) in [6, 6.07) is 9.22. The van der Waals surface area contributed by atoms with E-state index >= 15 is 0 Å². The van der Waals surface area contributed by atoms with Gasteiger partial charge in [0.1, 0.15) is 0 Å². The summed E-state index contributed by atoms with van der Waals surface area (Å²) in [7, 11) is 1.75. The summed E-state index contributed by atoms with van der Waals surface area (Å²) in [4.78, 5) is 23.7. The summed E-state index contributed by atoms with van der Waals surface area (Å²) < 4.78 is 19.3. The van der Waals surface area contributed by atoms with Crippen LogP contribution in [-0.4, -0.2) is 93.7 Å². The minimum Gasteiger partial charge on any atom is -0.467 e. The highest BCUT2D eigenvalue weighted by molar-refractivity contribution is 5.95. The molecule has 9 heteroatoms. The molecule has 2 saturated heterocycles. The van der Waals surface area contributed by atoms with Crippen molar-refractivity contribution >= 4 is 28.7 Å². The number of benzene rings is 1. The molecule has 0 saturated carbocycles. The van der Waals surface area contributed by atoms with Crippen molar-refractivity contribution in [3.05, 3.63) is 41.7 Å². The molecule has 0 N–H and O–H groups in total. The number of pyridine rings is 1. The molecule has 2 aliphatic heterocycles. The molecule has 2 aliphatic rings. The van der Waals surface area contributed by atoms with Gasteiger partial charge < -0.3 is 28.6 Å². The van der Waals surface area contributed by atoms with Crippen LogP contribution in [0.25, 0.3) is 22.2 Å². The molecule has 1 aromatic carbocycles. The van der Waals surface area contributed by atoms with Crippen LogP contribution < -0.4 is 9.80 Å². The van der Waals surface area contributed by atoms with E-state index in [2.05, 4.69) is 78.2 Å². The largest absolute Gasteiger partial charge is 0.467 e. The van der Waals surface area contributed by atoms with Gasteiger partial charge in [0.2, 0.25) is 0 Å². The number of morpholine rings is 1. The molecule has 3 aromatic rings. The van der Waals surface area contributed by atoms with Crippen LogP contribution in [0.4, 0.5) is 11.4 Å². The molecule has 2 fully saturated rings. The zero-order chi connectivity index (χ0) is 31.3. The van der Waals surface area contributed by atoms with Crippen LogP contribution in [0.1, 0.15) is 58.4 Å². The third-order valence-electron chi connectivity index (χ3n) is 9.22. The molecule has 1 unspecified atom stereocenters. The number of nitrogens with zero attached hydrogens (tertiary/aromatic N) is 5. The number of carbonyl (C=O) groups is 1. The van der Waals surface area contributed by atoms with E-state index in [1.807, 2.05) is 6.20 Å². The molecular weight excluding hydrogens is 554 g/mol. The Labute approximate surface area is 263 Å². The maximum atomic E-state index is 11.2. The zero-order valence-electron chi connectivity index (χ0n) is 27.6. The van der Waals surface area contributed by atoms with Crippen molar-refractivity contribution in [2.24, 2.45) is 5.41 Å². The predicted molar refractivity (Wildman–Crippen MR) is 178 cm³/mol. The lowest BCUT2D eigenvalue weighted by Gasteiger charge is -2.36. The van der Waals surface area contributed by atoms with Gasteiger partial charge in [0.05, 0.1) is 49.2 Å². The number of aromatic nitrogens is 2. The molecule has 0 aliphatic carbocycles. The van der Waals surface area contributed by atoms with E-state index in [1.54, 1.807) is 7.11 Å². The lowest BCUT2D eigenvalue weighted by Crippen LogP contribution is -2.46. The first-order chi connectivity index (χ1) is 21.3. The third-order valence-corrected chi connectivity index (χ3v) is 9.22. The van der Waals surface area contributed by atoms with Crippen molar-refractivity contribution in [3.63, 3.8) is 0 Å². The Morgan fingerprint density at radius 1 is 1.02 bits per heavy atom. The maximum absolute atomic E-state index is 11.2. The molecule has 4 heterocycles. The van der Waals surface area contributed by atoms with E-state index < -0.39 is 0 Å². The van der Waals surface area contributed by atoms with Crippen LogP contribution in [0.3, 0.4) is 0 Å². The standard InChI is InChI=1S/C35H51N5O4/c1-7-11-37-12-14-38(15-13-37)28-21-30(33(36-23-28)26(3)42-6)34-31(22-35(4,5)24-44-25-41)29-20-27(39-16-18-43-19-17-39)9-10-32(29)40(34)8-2/h9-10,20-21,23,25-26H,7-8,11-19,22,24H2,1-6H3. The van der Waals surface area contributed by atoms with E-state index in [-0.39, 0.29) is 11.5 Å². The van der Waals surface area contributed by atoms with Crippen molar-refractivity contribution in [1.82, 2.24) is 14.5 Å². The minimum atomic E-state index is -0.273. The Hall–Kier alpha value is -3.14. The summed E-state index contributed by atoms with van der Waals surface area (Å²) in [6.45, 7) is 21.1. The Morgan fingerprint density at radius 2 is 1.75 bits per heavy atom. The number of rotatable bonds is 13. The topological polar surface area (TPSA) is 72.3 Å². The van der Waals surface area contributed by atoms with Crippen LogP contribution in [0.2, 0.25) is 0 Å². The minimum absolute atomic E-state index is 0.174. The van der Waals surface area contributed by atoms with Gasteiger partial charge in [0.25, 0.3) is 6.47 Å². The lowest BCUT2D eigenvalue weighted by molar-refractivity contribution is -0.131. The first kappa shape index (κ1) is 32.3. The fraction of sp³-hybridized carbons (Fsp3) is 0.600. The van der Waals surface area contributed by atoms with Crippen LogP contribution in [0.5, 0.6) is 0 Å². The number of carbonyl (C=O) groups excluding carboxylic acids is 1. The molecule has 0 spiro atoms. The normalized spacial score (nSPS) is 17.3. The molecule has 9 nitrogen and oxygen atoms in total. The van der Waals surface area contributed by atoms with Gasteiger partial charge in [-0.3, -0.25) is 14.7 Å². The van der Waals surface area contributed by atoms with Gasteiger partial charge in [-0.1, -0.05) is 20.8 Å². The van der Waals surface area contributed by atoms with Gasteiger partial charge in [-0.25, -0.2) is 0 Å². The third kappa shape index (κ3) is 6.90. The Bertz CT molecular complexity index is 1410. The monoisotopic (exact) mass is 605 g/mol. The predicted octanol–water partition coefficient (Wildman–Crippen LogP) is 5.54. The number of methoxy groups -OCH3 is 1. The summed E-state index contributed by atoms with van der Waals surface area (Å²) in [5.41, 5.74) is 7.79. The average molecular weight is 606 g/mol. The lowest BCUT2D eigenvalue weighted by atomic mass is 9.84. The van der Waals surface area contributed by atoms with E-state index in [0.29, 0.717) is 13.1 Å². The fourth-order valence-corrected chi connectivity index (χ4v) is 6.84. The van der Waals surface area contributed by atoms with Crippen LogP contribution >= 0.6 is 0 Å². The molecule has 5 rings (SSSR count). The number of piperazine rings is 1. The Kier molecular flexibility index (Phi) is 10.5. The summed E-state index contributed by atoms with van der Waals surface area (Å²) in [5.74, 6) is 0. The Balaban J connectivity index is 1.69. The number of hydrogen-bond donors (Lipinski definition) is 0. The number of anilines is 2. The quantitative estimate of drug-likeness (QED) is 0.235. The van der Waals surface area contributed by atoms with Gasteiger partial charge in [-0.05, 0) is 63.1 Å². The molecule has 0 amide bonds. The van der Waals surface area contributed by atoms with Crippen molar-refractivity contribution < 1.29 is 19.0 Å². The molecule has 0 bridgehead atoms.